The maximum Gasteiger partial charge on any atom is 0.0419 e. The van der Waals surface area contributed by atoms with Gasteiger partial charge in [0.1, 0.15) is 0 Å². The van der Waals surface area contributed by atoms with Crippen LogP contribution in [0.2, 0.25) is 0 Å². The SMILES string of the molecule is Cc1c(I)c(I)c(I)c(I)c1I. The van der Waals surface area contributed by atoms with Crippen molar-refractivity contribution in [2.75, 3.05) is 0 Å². The van der Waals surface area contributed by atoms with Gasteiger partial charge >= 0.3 is 0 Å². The number of hydrogen-bond acceptors (Lipinski definition) is 0. The molecule has 0 fully saturated rings. The van der Waals surface area contributed by atoms with Gasteiger partial charge < -0.3 is 0 Å². The van der Waals surface area contributed by atoms with E-state index in [-0.39, 0.29) is 0 Å². The van der Waals surface area contributed by atoms with Crippen molar-refractivity contribution in [3.8, 4) is 0 Å². The molecular formula is C7H3I5. The normalized spacial score (nSPS) is 10.5. The van der Waals surface area contributed by atoms with Gasteiger partial charge in [-0.05, 0) is 125 Å². The monoisotopic (exact) mass is 722 g/mol. The third-order valence-electron chi connectivity index (χ3n) is 1.43. The fraction of sp³-hybridized carbons (Fsp3) is 0.143. The Hall–Kier alpha value is 2.87. The fourth-order valence-corrected chi connectivity index (χ4v) is 5.75. The molecule has 1 aromatic rings. The van der Waals surface area contributed by atoms with E-state index >= 15 is 0 Å². The van der Waals surface area contributed by atoms with Crippen LogP contribution in [0.4, 0.5) is 0 Å². The van der Waals surface area contributed by atoms with Crippen LogP contribution in [-0.2, 0) is 0 Å². The lowest BCUT2D eigenvalue weighted by Gasteiger charge is -2.09. The second-order valence-electron chi connectivity index (χ2n) is 2.19. The molecule has 0 atom stereocenters. The molecule has 66 valence electrons. The quantitative estimate of drug-likeness (QED) is 0.201. The van der Waals surface area contributed by atoms with Crippen molar-refractivity contribution in [2.24, 2.45) is 0 Å². The molecule has 0 aliphatic heterocycles. The number of halogens is 5. The first-order valence-corrected chi connectivity index (χ1v) is 8.34. The van der Waals surface area contributed by atoms with Crippen molar-refractivity contribution in [1.82, 2.24) is 0 Å². The van der Waals surface area contributed by atoms with E-state index < -0.39 is 0 Å². The topological polar surface area (TPSA) is 0 Å². The van der Waals surface area contributed by atoms with Crippen LogP contribution in [0.25, 0.3) is 0 Å². The average Bonchev–Trinajstić information content (AvgIpc) is 2.08. The molecule has 0 unspecified atom stereocenters. The third kappa shape index (κ3) is 2.51. The van der Waals surface area contributed by atoms with Gasteiger partial charge in [0.15, 0.2) is 0 Å². The van der Waals surface area contributed by atoms with E-state index in [1.165, 1.54) is 23.4 Å². The van der Waals surface area contributed by atoms with Crippen LogP contribution in [0.5, 0.6) is 0 Å². The standard InChI is InChI=1S/C7H3I5/c1-2-3(8)5(10)7(12)6(11)4(2)9/h1H3. The summed E-state index contributed by atoms with van der Waals surface area (Å²) in [4.78, 5) is 0. The third-order valence-corrected chi connectivity index (χ3v) is 11.5. The number of hydrogen-bond donors (Lipinski definition) is 0. The van der Waals surface area contributed by atoms with Gasteiger partial charge in [0.05, 0.1) is 0 Å². The Morgan fingerprint density at radius 3 is 1.17 bits per heavy atom. The summed E-state index contributed by atoms with van der Waals surface area (Å²) in [5, 5.41) is 0. The first kappa shape index (κ1) is 12.9. The lowest BCUT2D eigenvalue weighted by molar-refractivity contribution is 1.31. The molecule has 0 heterocycles. The van der Waals surface area contributed by atoms with Gasteiger partial charge in [-0.15, -0.1) is 0 Å². The van der Waals surface area contributed by atoms with E-state index in [2.05, 4.69) is 120 Å². The van der Waals surface area contributed by atoms with Crippen molar-refractivity contribution in [3.05, 3.63) is 23.4 Å². The molecule has 0 bridgehead atoms. The molecule has 0 spiro atoms. The van der Waals surface area contributed by atoms with Gasteiger partial charge in [-0.2, -0.15) is 0 Å². The van der Waals surface area contributed by atoms with Crippen LogP contribution >= 0.6 is 113 Å². The highest BCUT2D eigenvalue weighted by Gasteiger charge is 2.13. The van der Waals surface area contributed by atoms with Crippen molar-refractivity contribution >= 4 is 113 Å². The van der Waals surface area contributed by atoms with Gasteiger partial charge in [0, 0.05) is 17.9 Å². The molecule has 0 aliphatic carbocycles. The summed E-state index contributed by atoms with van der Waals surface area (Å²) in [6, 6.07) is 0. The molecule has 0 nitrogen and oxygen atoms in total. The van der Waals surface area contributed by atoms with E-state index in [1.54, 1.807) is 0 Å². The summed E-state index contributed by atoms with van der Waals surface area (Å²) in [6.07, 6.45) is 0. The van der Waals surface area contributed by atoms with E-state index in [4.69, 9.17) is 0 Å². The van der Waals surface area contributed by atoms with Crippen LogP contribution in [0.15, 0.2) is 0 Å². The predicted octanol–water partition coefficient (Wildman–Crippen LogP) is 5.02. The smallest absolute Gasteiger partial charge is 0.0419 e. The Morgan fingerprint density at radius 2 is 0.833 bits per heavy atom. The lowest BCUT2D eigenvalue weighted by atomic mass is 10.2. The van der Waals surface area contributed by atoms with E-state index in [9.17, 15) is 0 Å². The first-order valence-electron chi connectivity index (χ1n) is 2.94. The van der Waals surface area contributed by atoms with Crippen LogP contribution in [0.1, 0.15) is 5.56 Å². The molecule has 0 amide bonds. The van der Waals surface area contributed by atoms with Gasteiger partial charge in [-0.25, -0.2) is 0 Å². The zero-order valence-electron chi connectivity index (χ0n) is 5.89. The minimum absolute atomic E-state index is 1.38. The van der Waals surface area contributed by atoms with E-state index in [1.807, 2.05) is 0 Å². The fourth-order valence-electron chi connectivity index (χ4n) is 0.715. The van der Waals surface area contributed by atoms with Crippen molar-refractivity contribution in [1.29, 1.82) is 0 Å². The van der Waals surface area contributed by atoms with E-state index in [0.29, 0.717) is 0 Å². The molecule has 0 aromatic heterocycles. The minimum Gasteiger partial charge on any atom is -0.0428 e. The zero-order valence-corrected chi connectivity index (χ0v) is 16.7. The molecule has 0 N–H and O–H groups in total. The largest absolute Gasteiger partial charge is 0.0428 e. The molecular weight excluding hydrogens is 719 g/mol. The van der Waals surface area contributed by atoms with Gasteiger partial charge in [-0.1, -0.05) is 0 Å². The Bertz CT molecular complexity index is 226. The van der Waals surface area contributed by atoms with Crippen LogP contribution in [-0.4, -0.2) is 0 Å². The molecule has 1 aromatic carbocycles. The van der Waals surface area contributed by atoms with Crippen molar-refractivity contribution in [3.63, 3.8) is 0 Å². The van der Waals surface area contributed by atoms with Crippen LogP contribution < -0.4 is 0 Å². The zero-order chi connectivity index (χ0) is 9.46. The second kappa shape index (κ2) is 5.27. The lowest BCUT2D eigenvalue weighted by Crippen LogP contribution is -1.98. The highest BCUT2D eigenvalue weighted by Crippen LogP contribution is 2.32. The van der Waals surface area contributed by atoms with Crippen molar-refractivity contribution < 1.29 is 0 Å². The van der Waals surface area contributed by atoms with Crippen LogP contribution in [0, 0.1) is 24.8 Å². The Balaban J connectivity index is 3.60. The number of benzene rings is 1. The molecule has 0 radical (unpaired) electrons. The Morgan fingerprint density at radius 1 is 0.583 bits per heavy atom. The summed E-state index contributed by atoms with van der Waals surface area (Å²) in [5.41, 5.74) is 1.41. The molecule has 0 saturated carbocycles. The predicted molar refractivity (Wildman–Crippen MR) is 94.8 cm³/mol. The summed E-state index contributed by atoms with van der Waals surface area (Å²) in [5.74, 6) is 0. The second-order valence-corrected chi connectivity index (χ2v) is 7.59. The Kier molecular flexibility index (Phi) is 5.69. The van der Waals surface area contributed by atoms with Gasteiger partial charge in [0.25, 0.3) is 0 Å². The molecule has 0 saturated heterocycles. The molecule has 5 heteroatoms. The first-order chi connectivity index (χ1) is 5.46. The van der Waals surface area contributed by atoms with Gasteiger partial charge in [-0.3, -0.25) is 0 Å². The summed E-state index contributed by atoms with van der Waals surface area (Å²) in [6.45, 7) is 2.18. The summed E-state index contributed by atoms with van der Waals surface area (Å²) >= 11 is 12.1. The minimum atomic E-state index is 1.38. The average molecular weight is 722 g/mol. The van der Waals surface area contributed by atoms with Crippen LogP contribution in [0.3, 0.4) is 0 Å². The highest BCUT2D eigenvalue weighted by atomic mass is 127. The summed E-state index contributed by atoms with van der Waals surface area (Å²) in [7, 11) is 0. The van der Waals surface area contributed by atoms with Crippen molar-refractivity contribution in [2.45, 2.75) is 6.92 Å². The maximum atomic E-state index is 2.42. The maximum absolute atomic E-state index is 2.42. The molecule has 12 heavy (non-hydrogen) atoms. The Labute approximate surface area is 140 Å². The summed E-state index contributed by atoms with van der Waals surface area (Å²) < 4.78 is 6.94. The number of rotatable bonds is 0. The highest BCUT2D eigenvalue weighted by molar-refractivity contribution is 14.1. The molecule has 1 rings (SSSR count). The molecule has 0 aliphatic rings. The van der Waals surface area contributed by atoms with Gasteiger partial charge in [0.2, 0.25) is 0 Å². The van der Waals surface area contributed by atoms with E-state index in [0.717, 1.165) is 0 Å².